The number of hydrogen-bond acceptors (Lipinski definition) is 3. The fourth-order valence-electron chi connectivity index (χ4n) is 2.97. The SMILES string of the molecule is CC1CC(CN)(C(=O)N2CCN(C)C(=O)C2)C1. The summed E-state index contributed by atoms with van der Waals surface area (Å²) in [5.74, 6) is 0.675. The highest BCUT2D eigenvalue weighted by Crippen LogP contribution is 2.46. The number of nitrogens with zero attached hydrogens (tertiary/aromatic N) is 2. The van der Waals surface area contributed by atoms with E-state index in [0.717, 1.165) is 12.8 Å². The number of rotatable bonds is 2. The summed E-state index contributed by atoms with van der Waals surface area (Å²) >= 11 is 0. The fraction of sp³-hybridized carbons (Fsp3) is 0.833. The van der Waals surface area contributed by atoms with Gasteiger partial charge >= 0.3 is 0 Å². The monoisotopic (exact) mass is 239 g/mol. The summed E-state index contributed by atoms with van der Waals surface area (Å²) < 4.78 is 0. The van der Waals surface area contributed by atoms with E-state index in [1.165, 1.54) is 0 Å². The predicted molar refractivity (Wildman–Crippen MR) is 64.1 cm³/mol. The van der Waals surface area contributed by atoms with E-state index in [2.05, 4.69) is 6.92 Å². The largest absolute Gasteiger partial charge is 0.342 e. The van der Waals surface area contributed by atoms with Crippen LogP contribution < -0.4 is 5.73 Å². The molecule has 0 aromatic rings. The van der Waals surface area contributed by atoms with E-state index < -0.39 is 0 Å². The molecule has 2 fully saturated rings. The van der Waals surface area contributed by atoms with Crippen LogP contribution in [0.2, 0.25) is 0 Å². The smallest absolute Gasteiger partial charge is 0.241 e. The molecule has 5 heteroatoms. The van der Waals surface area contributed by atoms with Crippen molar-refractivity contribution in [2.75, 3.05) is 33.2 Å². The minimum absolute atomic E-state index is 0.0177. The van der Waals surface area contributed by atoms with E-state index in [9.17, 15) is 9.59 Å². The normalized spacial score (nSPS) is 33.6. The second-order valence-corrected chi connectivity index (χ2v) is 5.54. The average molecular weight is 239 g/mol. The summed E-state index contributed by atoms with van der Waals surface area (Å²) in [4.78, 5) is 27.4. The topological polar surface area (TPSA) is 66.6 Å². The first-order valence-electron chi connectivity index (χ1n) is 6.22. The lowest BCUT2D eigenvalue weighted by Gasteiger charge is -2.47. The zero-order chi connectivity index (χ0) is 12.6. The Morgan fingerprint density at radius 2 is 2.12 bits per heavy atom. The van der Waals surface area contributed by atoms with Gasteiger partial charge in [-0.25, -0.2) is 0 Å². The van der Waals surface area contributed by atoms with Crippen molar-refractivity contribution in [2.24, 2.45) is 17.1 Å². The number of hydrogen-bond donors (Lipinski definition) is 1. The zero-order valence-electron chi connectivity index (χ0n) is 10.6. The molecule has 0 radical (unpaired) electrons. The van der Waals surface area contributed by atoms with Gasteiger partial charge < -0.3 is 15.5 Å². The second-order valence-electron chi connectivity index (χ2n) is 5.54. The molecule has 0 atom stereocenters. The van der Waals surface area contributed by atoms with E-state index in [1.807, 2.05) is 0 Å². The van der Waals surface area contributed by atoms with E-state index in [-0.39, 0.29) is 23.8 Å². The number of piperazine rings is 1. The summed E-state index contributed by atoms with van der Waals surface area (Å²) in [6, 6.07) is 0. The molecule has 0 bridgehead atoms. The molecule has 2 amide bonds. The molecule has 0 aromatic carbocycles. The van der Waals surface area contributed by atoms with Crippen LogP contribution in [0.15, 0.2) is 0 Å². The summed E-state index contributed by atoms with van der Waals surface area (Å²) in [7, 11) is 1.77. The summed E-state index contributed by atoms with van der Waals surface area (Å²) in [5, 5.41) is 0. The minimum atomic E-state index is -0.379. The zero-order valence-corrected chi connectivity index (χ0v) is 10.6. The molecule has 1 aliphatic carbocycles. The number of carbonyl (C=O) groups excluding carboxylic acids is 2. The number of likely N-dealkylation sites (N-methyl/N-ethyl adjacent to an activating group) is 1. The van der Waals surface area contributed by atoms with Crippen molar-refractivity contribution in [3.05, 3.63) is 0 Å². The lowest BCUT2D eigenvalue weighted by atomic mass is 9.62. The summed E-state index contributed by atoms with van der Waals surface area (Å²) in [6.45, 7) is 4.01. The molecule has 1 heterocycles. The van der Waals surface area contributed by atoms with Crippen molar-refractivity contribution in [1.82, 2.24) is 9.80 Å². The van der Waals surface area contributed by atoms with Gasteiger partial charge in [0.1, 0.15) is 0 Å². The van der Waals surface area contributed by atoms with E-state index in [4.69, 9.17) is 5.73 Å². The van der Waals surface area contributed by atoms with E-state index >= 15 is 0 Å². The van der Waals surface area contributed by atoms with Crippen molar-refractivity contribution < 1.29 is 9.59 Å². The number of carbonyl (C=O) groups is 2. The van der Waals surface area contributed by atoms with Crippen LogP contribution in [0.5, 0.6) is 0 Å². The Labute approximate surface area is 102 Å². The Kier molecular flexibility index (Phi) is 3.12. The van der Waals surface area contributed by atoms with Crippen molar-refractivity contribution in [3.8, 4) is 0 Å². The van der Waals surface area contributed by atoms with Crippen LogP contribution in [-0.4, -0.2) is 54.8 Å². The van der Waals surface area contributed by atoms with Crippen molar-refractivity contribution in [1.29, 1.82) is 0 Å². The van der Waals surface area contributed by atoms with E-state index in [1.54, 1.807) is 16.8 Å². The Morgan fingerprint density at radius 3 is 2.59 bits per heavy atom. The van der Waals surface area contributed by atoms with Gasteiger partial charge in [0.2, 0.25) is 11.8 Å². The Balaban J connectivity index is 2.03. The molecule has 0 unspecified atom stereocenters. The van der Waals surface area contributed by atoms with Gasteiger partial charge in [-0.15, -0.1) is 0 Å². The molecule has 2 N–H and O–H groups in total. The molecule has 1 saturated heterocycles. The van der Waals surface area contributed by atoms with Crippen LogP contribution in [0.4, 0.5) is 0 Å². The molecular weight excluding hydrogens is 218 g/mol. The van der Waals surface area contributed by atoms with Crippen LogP contribution in [0.25, 0.3) is 0 Å². The summed E-state index contributed by atoms with van der Waals surface area (Å²) in [5.41, 5.74) is 5.38. The van der Waals surface area contributed by atoms with Gasteiger partial charge in [-0.1, -0.05) is 6.92 Å². The molecule has 0 aromatic heterocycles. The maximum Gasteiger partial charge on any atom is 0.241 e. The molecular formula is C12H21N3O2. The van der Waals surface area contributed by atoms with Crippen molar-refractivity contribution >= 4 is 11.8 Å². The molecule has 1 aliphatic heterocycles. The van der Waals surface area contributed by atoms with Gasteiger partial charge in [0, 0.05) is 26.7 Å². The second kappa shape index (κ2) is 4.29. The van der Waals surface area contributed by atoms with Crippen molar-refractivity contribution in [2.45, 2.75) is 19.8 Å². The Hall–Kier alpha value is -1.10. The van der Waals surface area contributed by atoms with Gasteiger partial charge in [-0.2, -0.15) is 0 Å². The highest BCUT2D eigenvalue weighted by molar-refractivity contribution is 5.89. The lowest BCUT2D eigenvalue weighted by Crippen LogP contribution is -2.59. The molecule has 5 nitrogen and oxygen atoms in total. The van der Waals surface area contributed by atoms with E-state index in [0.29, 0.717) is 25.6 Å². The van der Waals surface area contributed by atoms with Crippen LogP contribution in [-0.2, 0) is 9.59 Å². The van der Waals surface area contributed by atoms with Crippen LogP contribution in [0.3, 0.4) is 0 Å². The van der Waals surface area contributed by atoms with Gasteiger partial charge in [-0.05, 0) is 18.8 Å². The first-order chi connectivity index (χ1) is 7.98. The molecule has 2 aliphatic rings. The molecule has 1 saturated carbocycles. The highest BCUT2D eigenvalue weighted by atomic mass is 16.2. The molecule has 17 heavy (non-hydrogen) atoms. The lowest BCUT2D eigenvalue weighted by molar-refractivity contribution is -0.156. The Bertz CT molecular complexity index is 337. The number of amides is 2. The standard InChI is InChI=1S/C12H21N3O2/c1-9-5-12(6-9,8-13)11(17)15-4-3-14(2)10(16)7-15/h9H,3-8,13H2,1-2H3. The predicted octanol–water partition coefficient (Wildman–Crippen LogP) is -0.338. The minimum Gasteiger partial charge on any atom is -0.342 e. The number of nitrogens with two attached hydrogens (primary N) is 1. The highest BCUT2D eigenvalue weighted by Gasteiger charge is 2.49. The van der Waals surface area contributed by atoms with Crippen LogP contribution in [0.1, 0.15) is 19.8 Å². The van der Waals surface area contributed by atoms with Gasteiger partial charge in [0.15, 0.2) is 0 Å². The first kappa shape index (κ1) is 12.4. The molecule has 2 rings (SSSR count). The molecule has 0 spiro atoms. The quantitative estimate of drug-likeness (QED) is 0.717. The third-order valence-electron chi connectivity index (χ3n) is 4.07. The van der Waals surface area contributed by atoms with Gasteiger partial charge in [0.25, 0.3) is 0 Å². The maximum atomic E-state index is 12.4. The molecule has 96 valence electrons. The third-order valence-corrected chi connectivity index (χ3v) is 4.07. The van der Waals surface area contributed by atoms with Crippen LogP contribution in [0, 0.1) is 11.3 Å². The average Bonchev–Trinajstić information content (AvgIpc) is 2.27. The third kappa shape index (κ3) is 2.04. The van der Waals surface area contributed by atoms with Crippen molar-refractivity contribution in [3.63, 3.8) is 0 Å². The fourth-order valence-corrected chi connectivity index (χ4v) is 2.97. The Morgan fingerprint density at radius 1 is 1.47 bits per heavy atom. The summed E-state index contributed by atoms with van der Waals surface area (Å²) in [6.07, 6.45) is 1.73. The van der Waals surface area contributed by atoms with Gasteiger partial charge in [0.05, 0.1) is 12.0 Å². The maximum absolute atomic E-state index is 12.4. The van der Waals surface area contributed by atoms with Gasteiger partial charge in [-0.3, -0.25) is 9.59 Å². The van der Waals surface area contributed by atoms with Crippen LogP contribution >= 0.6 is 0 Å². The first-order valence-corrected chi connectivity index (χ1v) is 6.22.